The Morgan fingerprint density at radius 2 is 1.45 bits per heavy atom. The van der Waals surface area contributed by atoms with Crippen molar-refractivity contribution in [1.29, 1.82) is 0 Å². The van der Waals surface area contributed by atoms with Crippen LogP contribution in [0.4, 0.5) is 11.4 Å². The first kappa shape index (κ1) is 20.3. The zero-order valence-corrected chi connectivity index (χ0v) is 16.9. The van der Waals surface area contributed by atoms with Crippen molar-refractivity contribution < 1.29 is 14.4 Å². The number of carbonyl (C=O) groups is 2. The Labute approximate surface area is 183 Å². The molecule has 0 spiro atoms. The third kappa shape index (κ3) is 5.12. The lowest BCUT2D eigenvalue weighted by atomic mass is 10.1. The van der Waals surface area contributed by atoms with Crippen LogP contribution in [0.3, 0.4) is 0 Å². The van der Waals surface area contributed by atoms with E-state index >= 15 is 0 Å². The number of carbonyl (C=O) groups excluding carboxylic acids is 2. The Morgan fingerprint density at radius 3 is 2.19 bits per heavy atom. The molecular formula is C24H16ClN3O3. The highest BCUT2D eigenvalue weighted by Gasteiger charge is 2.09. The second-order valence-corrected chi connectivity index (χ2v) is 7.05. The molecule has 6 nitrogen and oxygen atoms in total. The average Bonchev–Trinajstić information content (AvgIpc) is 2.81. The number of halogens is 1. The molecule has 1 amide bonds. The summed E-state index contributed by atoms with van der Waals surface area (Å²) in [6.07, 6.45) is 0. The predicted molar refractivity (Wildman–Crippen MR) is 120 cm³/mol. The molecule has 0 radical (unpaired) electrons. The van der Waals surface area contributed by atoms with Crippen LogP contribution in [0.15, 0.2) is 101 Å². The largest absolute Gasteiger partial charge is 0.362 e. The Balaban J connectivity index is 1.35. The third-order valence-electron chi connectivity index (χ3n) is 4.46. The number of hydrogen-bond acceptors (Lipinski definition) is 5. The summed E-state index contributed by atoms with van der Waals surface area (Å²) in [5.41, 5.74) is 4.48. The summed E-state index contributed by atoms with van der Waals surface area (Å²) in [6.45, 7) is 0. The van der Waals surface area contributed by atoms with Gasteiger partial charge in [-0.2, -0.15) is 0 Å². The molecule has 0 bridgehead atoms. The number of nitrogens with one attached hydrogen (secondary N) is 1. The molecule has 0 aliphatic carbocycles. The molecule has 4 aromatic rings. The van der Waals surface area contributed by atoms with Crippen LogP contribution in [-0.4, -0.2) is 11.9 Å². The molecule has 0 heterocycles. The molecule has 0 fully saturated rings. The minimum absolute atomic E-state index is 0.395. The summed E-state index contributed by atoms with van der Waals surface area (Å²) in [5.74, 6) is -0.966. The standard InChI is InChI=1S/C24H16ClN3O3/c25-20-9-7-17(8-10-20)23(29)27-26-21-11-13-22(14-12-21)28-31-24(30)19-6-5-16-3-1-2-4-18(16)15-19/h1-15,28H. The molecule has 4 aromatic carbocycles. The van der Waals surface area contributed by atoms with E-state index in [1.165, 1.54) is 0 Å². The van der Waals surface area contributed by atoms with Gasteiger partial charge in [0.05, 0.1) is 16.9 Å². The predicted octanol–water partition coefficient (Wildman–Crippen LogP) is 6.60. The second kappa shape index (κ2) is 9.19. The second-order valence-electron chi connectivity index (χ2n) is 6.61. The van der Waals surface area contributed by atoms with Gasteiger partial charge in [0.15, 0.2) is 0 Å². The minimum Gasteiger partial charge on any atom is -0.338 e. The maximum absolute atomic E-state index is 12.3. The normalized spacial score (nSPS) is 10.9. The first-order chi connectivity index (χ1) is 15.1. The SMILES string of the molecule is O=C(N=Nc1ccc(NOC(=O)c2ccc3ccccc3c2)cc1)c1ccc(Cl)cc1. The maximum Gasteiger partial charge on any atom is 0.362 e. The number of fused-ring (bicyclic) bond motifs is 1. The van der Waals surface area contributed by atoms with Crippen LogP contribution in [0.25, 0.3) is 10.8 Å². The van der Waals surface area contributed by atoms with Gasteiger partial charge in [0.25, 0.3) is 5.91 Å². The summed E-state index contributed by atoms with van der Waals surface area (Å²) >= 11 is 5.80. The lowest BCUT2D eigenvalue weighted by molar-refractivity contribution is 0.0596. The Bertz CT molecular complexity index is 1270. The molecule has 0 aliphatic rings. The molecule has 0 aromatic heterocycles. The van der Waals surface area contributed by atoms with Gasteiger partial charge in [0.2, 0.25) is 0 Å². The number of azo groups is 1. The number of nitrogens with zero attached hydrogens (tertiary/aromatic N) is 2. The van der Waals surface area contributed by atoms with Gasteiger partial charge in [-0.05, 0) is 71.4 Å². The lowest BCUT2D eigenvalue weighted by Crippen LogP contribution is -2.10. The monoisotopic (exact) mass is 429 g/mol. The van der Waals surface area contributed by atoms with Crippen molar-refractivity contribution in [3.8, 4) is 0 Å². The van der Waals surface area contributed by atoms with E-state index in [0.29, 0.717) is 27.5 Å². The lowest BCUT2D eigenvalue weighted by Gasteiger charge is -2.07. The average molecular weight is 430 g/mol. The summed E-state index contributed by atoms with van der Waals surface area (Å²) in [5, 5.41) is 10.2. The van der Waals surface area contributed by atoms with Gasteiger partial charge in [-0.25, -0.2) is 10.3 Å². The van der Waals surface area contributed by atoms with E-state index < -0.39 is 11.9 Å². The Kier molecular flexibility index (Phi) is 6.01. The van der Waals surface area contributed by atoms with Crippen molar-refractivity contribution in [3.63, 3.8) is 0 Å². The van der Waals surface area contributed by atoms with Crippen molar-refractivity contribution in [3.05, 3.63) is 107 Å². The zero-order valence-electron chi connectivity index (χ0n) is 16.2. The van der Waals surface area contributed by atoms with Gasteiger partial charge in [-0.3, -0.25) is 4.79 Å². The smallest absolute Gasteiger partial charge is 0.338 e. The number of amides is 1. The number of anilines is 1. The fourth-order valence-electron chi connectivity index (χ4n) is 2.83. The minimum atomic E-state index is -0.497. The van der Waals surface area contributed by atoms with Gasteiger partial charge in [-0.15, -0.1) is 10.2 Å². The van der Waals surface area contributed by atoms with Crippen LogP contribution in [0.2, 0.25) is 5.02 Å². The molecule has 0 atom stereocenters. The molecule has 7 heteroatoms. The van der Waals surface area contributed by atoms with E-state index in [1.54, 1.807) is 60.7 Å². The van der Waals surface area contributed by atoms with E-state index in [-0.39, 0.29) is 0 Å². The van der Waals surface area contributed by atoms with Gasteiger partial charge in [0, 0.05) is 10.6 Å². The molecule has 1 N–H and O–H groups in total. The highest BCUT2D eigenvalue weighted by molar-refractivity contribution is 6.30. The molecular weight excluding hydrogens is 414 g/mol. The maximum atomic E-state index is 12.3. The molecule has 0 aliphatic heterocycles. The Hall–Kier alpha value is -4.03. The highest BCUT2D eigenvalue weighted by Crippen LogP contribution is 2.19. The zero-order chi connectivity index (χ0) is 21.6. The van der Waals surface area contributed by atoms with Crippen molar-refractivity contribution >= 4 is 45.6 Å². The van der Waals surface area contributed by atoms with E-state index in [1.807, 2.05) is 30.3 Å². The van der Waals surface area contributed by atoms with Crippen LogP contribution < -0.4 is 5.48 Å². The van der Waals surface area contributed by atoms with Gasteiger partial charge < -0.3 is 4.84 Å². The quantitative estimate of drug-likeness (QED) is 0.286. The molecule has 0 unspecified atom stereocenters. The molecule has 0 saturated carbocycles. The van der Waals surface area contributed by atoms with Gasteiger partial charge in [0.1, 0.15) is 0 Å². The van der Waals surface area contributed by atoms with E-state index in [4.69, 9.17) is 16.4 Å². The van der Waals surface area contributed by atoms with E-state index in [9.17, 15) is 9.59 Å². The third-order valence-corrected chi connectivity index (χ3v) is 4.71. The van der Waals surface area contributed by atoms with Crippen LogP contribution in [0.1, 0.15) is 20.7 Å². The fourth-order valence-corrected chi connectivity index (χ4v) is 2.96. The van der Waals surface area contributed by atoms with Gasteiger partial charge >= 0.3 is 5.97 Å². The van der Waals surface area contributed by atoms with Crippen molar-refractivity contribution in [2.45, 2.75) is 0 Å². The molecule has 0 saturated heterocycles. The fraction of sp³-hybridized carbons (Fsp3) is 0. The molecule has 4 rings (SSSR count). The van der Waals surface area contributed by atoms with Crippen LogP contribution in [-0.2, 0) is 4.84 Å². The Morgan fingerprint density at radius 1 is 0.774 bits per heavy atom. The van der Waals surface area contributed by atoms with Crippen molar-refractivity contribution in [2.24, 2.45) is 10.2 Å². The van der Waals surface area contributed by atoms with Crippen LogP contribution >= 0.6 is 11.6 Å². The number of rotatable bonds is 5. The summed E-state index contributed by atoms with van der Waals surface area (Å²) in [4.78, 5) is 29.5. The topological polar surface area (TPSA) is 80.1 Å². The van der Waals surface area contributed by atoms with E-state index in [2.05, 4.69) is 15.7 Å². The number of hydrogen-bond donors (Lipinski definition) is 1. The summed E-state index contributed by atoms with van der Waals surface area (Å²) < 4.78 is 0. The van der Waals surface area contributed by atoms with Crippen molar-refractivity contribution in [1.82, 2.24) is 0 Å². The highest BCUT2D eigenvalue weighted by atomic mass is 35.5. The summed E-state index contributed by atoms with van der Waals surface area (Å²) in [7, 11) is 0. The van der Waals surface area contributed by atoms with Crippen LogP contribution in [0.5, 0.6) is 0 Å². The first-order valence-corrected chi connectivity index (χ1v) is 9.74. The summed E-state index contributed by atoms with van der Waals surface area (Å²) in [6, 6.07) is 26.1. The number of benzene rings is 4. The first-order valence-electron chi connectivity index (χ1n) is 9.36. The van der Waals surface area contributed by atoms with Gasteiger partial charge in [-0.1, -0.05) is 41.9 Å². The van der Waals surface area contributed by atoms with Crippen LogP contribution in [0, 0.1) is 0 Å². The van der Waals surface area contributed by atoms with E-state index in [0.717, 1.165) is 10.8 Å². The van der Waals surface area contributed by atoms with Crippen molar-refractivity contribution in [2.75, 3.05) is 5.48 Å². The molecule has 152 valence electrons. The molecule has 31 heavy (non-hydrogen) atoms.